The van der Waals surface area contributed by atoms with Crippen LogP contribution in [-0.4, -0.2) is 54.9 Å². The number of rotatable bonds is 14. The first-order valence-corrected chi connectivity index (χ1v) is 18.1. The highest BCUT2D eigenvalue weighted by atomic mass is 79.9. The Morgan fingerprint density at radius 2 is 0.870 bits per heavy atom. The summed E-state index contributed by atoms with van der Waals surface area (Å²) in [6.45, 7) is -0.245. The second-order valence-electron chi connectivity index (χ2n) is 12.1. The van der Waals surface area contributed by atoms with Crippen LogP contribution in [0.15, 0.2) is 169 Å². The molecule has 0 unspecified atom stereocenters. The van der Waals surface area contributed by atoms with Gasteiger partial charge < -0.3 is 19.0 Å². The van der Waals surface area contributed by atoms with E-state index in [2.05, 4.69) is 21.1 Å². The average molecular weight is 783 g/mol. The van der Waals surface area contributed by atoms with Crippen molar-refractivity contribution in [3.8, 4) is 33.4 Å². The first kappa shape index (κ1) is 37.4. The molecule has 54 heavy (non-hydrogen) atoms. The maximum absolute atomic E-state index is 13.7. The molecule has 0 saturated carbocycles. The second kappa shape index (κ2) is 18.4. The summed E-state index contributed by atoms with van der Waals surface area (Å²) >= 11 is 3.56. The van der Waals surface area contributed by atoms with Crippen molar-refractivity contribution >= 4 is 40.1 Å². The molecule has 9 heteroatoms. The lowest BCUT2D eigenvalue weighted by molar-refractivity contribution is -0.0209. The predicted octanol–water partition coefficient (Wildman–Crippen LogP) is 9.69. The fraction of sp³-hybridized carbons (Fsp3) is 0.111. The van der Waals surface area contributed by atoms with E-state index in [-0.39, 0.29) is 17.7 Å². The normalized spacial score (nSPS) is 12.6. The van der Waals surface area contributed by atoms with E-state index in [1.165, 1.54) is 13.3 Å². The first-order valence-electron chi connectivity index (χ1n) is 17.2. The standard InChI is InChI=1S/C45H36BrNO7/c1-51-47-29-41(53-44(49)38-25-19-35(20-26-38)32-13-7-3-8-14-32)42(54-45(50)39-27-21-36(22-28-39)33-15-9-4-10-16-33)40(46)30-52-43(48)37-23-17-34(18-24-37)31-11-5-2-6-12-31/h2-29,40-42H,30H2,1H3/b47-29+/t40-,41-,42+/m1/s1. The van der Waals surface area contributed by atoms with Crippen molar-refractivity contribution in [3.05, 3.63) is 180 Å². The van der Waals surface area contributed by atoms with Crippen molar-refractivity contribution in [1.82, 2.24) is 0 Å². The SMILES string of the molecule is CO/N=C/[C@@H](OC(=O)c1ccc(-c2ccccc2)cc1)[C@@H](OC(=O)c1ccc(-c2ccccc2)cc1)[C@H](Br)COC(=O)c1ccc(-c2ccccc2)cc1. The van der Waals surface area contributed by atoms with Gasteiger partial charge in [0.2, 0.25) is 0 Å². The number of hydrogen-bond acceptors (Lipinski definition) is 8. The lowest BCUT2D eigenvalue weighted by Gasteiger charge is -2.28. The van der Waals surface area contributed by atoms with Crippen molar-refractivity contribution in [1.29, 1.82) is 0 Å². The number of nitrogens with zero attached hydrogens (tertiary/aromatic N) is 1. The van der Waals surface area contributed by atoms with Crippen molar-refractivity contribution < 1.29 is 33.4 Å². The molecule has 0 fully saturated rings. The van der Waals surface area contributed by atoms with Crippen molar-refractivity contribution in [2.24, 2.45) is 5.16 Å². The Labute approximate surface area is 322 Å². The lowest BCUT2D eigenvalue weighted by Crippen LogP contribution is -2.44. The van der Waals surface area contributed by atoms with Crippen LogP contribution in [0.1, 0.15) is 31.1 Å². The summed E-state index contributed by atoms with van der Waals surface area (Å²) in [5.74, 6) is -1.96. The largest absolute Gasteiger partial charge is 0.461 e. The average Bonchev–Trinajstić information content (AvgIpc) is 3.24. The molecular formula is C45H36BrNO7. The van der Waals surface area contributed by atoms with Gasteiger partial charge >= 0.3 is 17.9 Å². The zero-order valence-electron chi connectivity index (χ0n) is 29.3. The van der Waals surface area contributed by atoms with Gasteiger partial charge in [0.1, 0.15) is 13.7 Å². The minimum atomic E-state index is -1.26. The van der Waals surface area contributed by atoms with Crippen LogP contribution < -0.4 is 0 Å². The summed E-state index contributed by atoms with van der Waals surface area (Å²) in [6.07, 6.45) is -1.25. The monoisotopic (exact) mass is 781 g/mol. The molecule has 6 aromatic rings. The number of benzene rings is 6. The molecular weight excluding hydrogens is 746 g/mol. The van der Waals surface area contributed by atoms with Gasteiger partial charge in [-0.05, 0) is 69.8 Å². The third-order valence-corrected chi connectivity index (χ3v) is 9.32. The molecule has 0 aromatic heterocycles. The Bertz CT molecular complexity index is 2160. The summed E-state index contributed by atoms with van der Waals surface area (Å²) in [5.41, 5.74) is 6.67. The topological polar surface area (TPSA) is 100 Å². The molecule has 8 nitrogen and oxygen atoms in total. The number of oxime groups is 1. The highest BCUT2D eigenvalue weighted by Crippen LogP contribution is 2.25. The van der Waals surface area contributed by atoms with E-state index >= 15 is 0 Å². The maximum atomic E-state index is 13.7. The third kappa shape index (κ3) is 9.76. The van der Waals surface area contributed by atoms with Crippen LogP contribution in [0.4, 0.5) is 0 Å². The zero-order valence-corrected chi connectivity index (χ0v) is 30.9. The van der Waals surface area contributed by atoms with Gasteiger partial charge in [-0.15, -0.1) is 0 Å². The van der Waals surface area contributed by atoms with Crippen LogP contribution >= 0.6 is 15.9 Å². The van der Waals surface area contributed by atoms with Crippen LogP contribution in [0, 0.1) is 0 Å². The number of halogens is 1. The number of carbonyl (C=O) groups excluding carboxylic acids is 3. The van der Waals surface area contributed by atoms with E-state index in [9.17, 15) is 14.4 Å². The van der Waals surface area contributed by atoms with Gasteiger partial charge in [-0.3, -0.25) is 0 Å². The van der Waals surface area contributed by atoms with E-state index in [1.54, 1.807) is 36.4 Å². The molecule has 6 aromatic carbocycles. The van der Waals surface area contributed by atoms with E-state index < -0.39 is 34.9 Å². The van der Waals surface area contributed by atoms with Crippen LogP contribution in [0.25, 0.3) is 33.4 Å². The van der Waals surface area contributed by atoms with Gasteiger partial charge in [0, 0.05) is 0 Å². The summed E-state index contributed by atoms with van der Waals surface area (Å²) in [7, 11) is 1.34. The quantitative estimate of drug-likeness (QED) is 0.0357. The molecule has 3 atom stereocenters. The molecule has 0 aliphatic rings. The molecule has 0 bridgehead atoms. The third-order valence-electron chi connectivity index (χ3n) is 8.54. The molecule has 0 aliphatic carbocycles. The molecule has 6 rings (SSSR count). The Morgan fingerprint density at radius 3 is 1.26 bits per heavy atom. The number of alkyl halides is 1. The lowest BCUT2D eigenvalue weighted by atomic mass is 10.0. The molecule has 0 heterocycles. The van der Waals surface area contributed by atoms with Crippen molar-refractivity contribution in [2.45, 2.75) is 17.0 Å². The minimum Gasteiger partial charge on any atom is -0.461 e. The number of carbonyl (C=O) groups is 3. The molecule has 0 N–H and O–H groups in total. The van der Waals surface area contributed by atoms with Gasteiger partial charge in [-0.2, -0.15) is 0 Å². The Kier molecular flexibility index (Phi) is 12.8. The second-order valence-corrected chi connectivity index (χ2v) is 13.3. The Morgan fingerprint density at radius 1 is 0.519 bits per heavy atom. The molecule has 0 amide bonds. The first-order chi connectivity index (χ1) is 26.4. The summed E-state index contributed by atoms with van der Waals surface area (Å²) in [5, 5.41) is 3.86. The smallest absolute Gasteiger partial charge is 0.338 e. The molecule has 270 valence electrons. The number of ether oxygens (including phenoxy) is 3. The predicted molar refractivity (Wildman–Crippen MR) is 213 cm³/mol. The van der Waals surface area contributed by atoms with Gasteiger partial charge in [-0.1, -0.05) is 148 Å². The van der Waals surface area contributed by atoms with Crippen LogP contribution in [0.5, 0.6) is 0 Å². The fourth-order valence-electron chi connectivity index (χ4n) is 5.65. The Hall–Kier alpha value is -6.32. The van der Waals surface area contributed by atoms with Crippen LogP contribution in [0.2, 0.25) is 0 Å². The van der Waals surface area contributed by atoms with Gasteiger partial charge in [0.15, 0.2) is 12.2 Å². The highest BCUT2D eigenvalue weighted by Gasteiger charge is 2.36. The number of hydrogen-bond donors (Lipinski definition) is 0. The van der Waals surface area contributed by atoms with E-state index in [4.69, 9.17) is 19.0 Å². The van der Waals surface area contributed by atoms with Crippen molar-refractivity contribution in [2.75, 3.05) is 13.7 Å². The Balaban J connectivity index is 1.21. The zero-order chi connectivity index (χ0) is 37.7. The molecule has 0 saturated heterocycles. The van der Waals surface area contributed by atoms with Gasteiger partial charge in [0.05, 0.1) is 27.7 Å². The molecule has 0 aliphatic heterocycles. The van der Waals surface area contributed by atoms with Crippen LogP contribution in [-0.2, 0) is 19.0 Å². The van der Waals surface area contributed by atoms with Crippen LogP contribution in [0.3, 0.4) is 0 Å². The molecule has 0 radical (unpaired) electrons. The summed E-state index contributed by atoms with van der Waals surface area (Å²) in [4.78, 5) is 44.4. The number of esters is 3. The summed E-state index contributed by atoms with van der Waals surface area (Å²) < 4.78 is 17.6. The highest BCUT2D eigenvalue weighted by molar-refractivity contribution is 9.09. The van der Waals surface area contributed by atoms with E-state index in [1.807, 2.05) is 127 Å². The fourth-order valence-corrected chi connectivity index (χ4v) is 6.20. The van der Waals surface area contributed by atoms with Crippen molar-refractivity contribution in [3.63, 3.8) is 0 Å². The minimum absolute atomic E-state index is 0.245. The van der Waals surface area contributed by atoms with E-state index in [0.29, 0.717) is 5.56 Å². The molecule has 0 spiro atoms. The maximum Gasteiger partial charge on any atom is 0.338 e. The summed E-state index contributed by atoms with van der Waals surface area (Å²) in [6, 6.07) is 50.2. The van der Waals surface area contributed by atoms with E-state index in [0.717, 1.165) is 33.4 Å². The van der Waals surface area contributed by atoms with Gasteiger partial charge in [0.25, 0.3) is 0 Å². The van der Waals surface area contributed by atoms with Gasteiger partial charge in [-0.25, -0.2) is 14.4 Å².